The van der Waals surface area contributed by atoms with Gasteiger partial charge in [-0.15, -0.1) is 0 Å². The standard InChI is InChI=1S/C11H11BrF3NO2S/c12-8(6-1-2-6)5-16-19(17,18)11-9(14)3-7(13)4-10(11)15/h3-4,6,8,16H,1-2,5H2. The number of hydrogen-bond donors (Lipinski definition) is 1. The average molecular weight is 358 g/mol. The monoisotopic (exact) mass is 357 g/mol. The van der Waals surface area contributed by atoms with E-state index >= 15 is 0 Å². The van der Waals surface area contributed by atoms with Gasteiger partial charge in [-0.1, -0.05) is 15.9 Å². The summed E-state index contributed by atoms with van der Waals surface area (Å²) in [5, 5.41) is 0. The Morgan fingerprint density at radius 1 is 1.26 bits per heavy atom. The summed E-state index contributed by atoms with van der Waals surface area (Å²) >= 11 is 3.30. The third-order valence-electron chi connectivity index (χ3n) is 2.83. The van der Waals surface area contributed by atoms with Gasteiger partial charge in [-0.3, -0.25) is 0 Å². The maximum atomic E-state index is 13.4. The molecule has 1 unspecified atom stereocenters. The van der Waals surface area contributed by atoms with Gasteiger partial charge >= 0.3 is 0 Å². The molecule has 1 fully saturated rings. The van der Waals surface area contributed by atoms with Crippen LogP contribution in [-0.2, 0) is 10.0 Å². The molecule has 1 atom stereocenters. The molecule has 1 aromatic rings. The van der Waals surface area contributed by atoms with Crippen molar-refractivity contribution in [1.82, 2.24) is 4.72 Å². The van der Waals surface area contributed by atoms with E-state index < -0.39 is 32.4 Å². The Labute approximate surface area is 117 Å². The van der Waals surface area contributed by atoms with Crippen LogP contribution in [0.2, 0.25) is 0 Å². The van der Waals surface area contributed by atoms with E-state index in [4.69, 9.17) is 0 Å². The van der Waals surface area contributed by atoms with Crippen LogP contribution < -0.4 is 4.72 Å². The Morgan fingerprint density at radius 3 is 2.26 bits per heavy atom. The van der Waals surface area contributed by atoms with Crippen LogP contribution >= 0.6 is 15.9 Å². The molecular formula is C11H11BrF3NO2S. The molecule has 0 amide bonds. The third-order valence-corrected chi connectivity index (χ3v) is 5.38. The smallest absolute Gasteiger partial charge is 0.210 e. The van der Waals surface area contributed by atoms with E-state index in [0.29, 0.717) is 18.1 Å². The number of rotatable bonds is 5. The minimum absolute atomic E-state index is 0.0310. The SMILES string of the molecule is O=S(=O)(NCC(Br)C1CC1)c1c(F)cc(F)cc1F. The van der Waals surface area contributed by atoms with Crippen molar-refractivity contribution in [2.45, 2.75) is 22.6 Å². The van der Waals surface area contributed by atoms with Gasteiger partial charge in [0, 0.05) is 23.5 Å². The topological polar surface area (TPSA) is 46.2 Å². The molecule has 1 aromatic carbocycles. The molecule has 8 heteroatoms. The summed E-state index contributed by atoms with van der Waals surface area (Å²) in [6, 6.07) is 0.675. The Kier molecular flexibility index (Phi) is 4.22. The molecule has 0 bridgehead atoms. The van der Waals surface area contributed by atoms with Crippen molar-refractivity contribution >= 4 is 26.0 Å². The zero-order valence-electron chi connectivity index (χ0n) is 9.67. The van der Waals surface area contributed by atoms with E-state index in [0.717, 1.165) is 12.8 Å². The van der Waals surface area contributed by atoms with Crippen molar-refractivity contribution in [3.63, 3.8) is 0 Å². The molecule has 1 aliphatic rings. The largest absolute Gasteiger partial charge is 0.246 e. The predicted molar refractivity (Wildman–Crippen MR) is 66.9 cm³/mol. The van der Waals surface area contributed by atoms with E-state index in [9.17, 15) is 21.6 Å². The maximum Gasteiger partial charge on any atom is 0.246 e. The van der Waals surface area contributed by atoms with Gasteiger partial charge in [0.1, 0.15) is 17.5 Å². The third kappa shape index (κ3) is 3.49. The van der Waals surface area contributed by atoms with Gasteiger partial charge in [-0.05, 0) is 18.8 Å². The van der Waals surface area contributed by atoms with Gasteiger partial charge in [-0.25, -0.2) is 26.3 Å². The zero-order chi connectivity index (χ0) is 14.2. The Hall–Kier alpha value is -0.600. The summed E-state index contributed by atoms with van der Waals surface area (Å²) in [7, 11) is -4.34. The van der Waals surface area contributed by atoms with Gasteiger partial charge < -0.3 is 0 Å². The second-order valence-corrected chi connectivity index (χ2v) is 7.28. The molecule has 0 spiro atoms. The summed E-state index contributed by atoms with van der Waals surface area (Å²) in [4.78, 5) is -1.22. The molecule has 1 aliphatic carbocycles. The summed E-state index contributed by atoms with van der Waals surface area (Å²) in [6.07, 6.45) is 1.99. The van der Waals surface area contributed by atoms with Gasteiger partial charge in [0.2, 0.25) is 10.0 Å². The lowest BCUT2D eigenvalue weighted by Gasteiger charge is -2.11. The van der Waals surface area contributed by atoms with Crippen LogP contribution in [0.4, 0.5) is 13.2 Å². The molecule has 0 radical (unpaired) electrons. The number of hydrogen-bond acceptors (Lipinski definition) is 2. The van der Waals surface area contributed by atoms with Crippen molar-refractivity contribution in [2.75, 3.05) is 6.54 Å². The van der Waals surface area contributed by atoms with E-state index in [2.05, 4.69) is 20.7 Å². The average Bonchev–Trinajstić information content (AvgIpc) is 3.07. The normalized spacial score (nSPS) is 17.5. The second kappa shape index (κ2) is 5.41. The van der Waals surface area contributed by atoms with Crippen LogP contribution in [-0.4, -0.2) is 19.8 Å². The molecule has 1 saturated carbocycles. The van der Waals surface area contributed by atoms with Crippen LogP contribution in [0.5, 0.6) is 0 Å². The number of alkyl halides is 1. The summed E-state index contributed by atoms with van der Waals surface area (Å²) in [5.74, 6) is -3.67. The highest BCUT2D eigenvalue weighted by atomic mass is 79.9. The molecule has 106 valence electrons. The zero-order valence-corrected chi connectivity index (χ0v) is 12.1. The fourth-order valence-electron chi connectivity index (χ4n) is 1.67. The predicted octanol–water partition coefficient (Wildman–Crippen LogP) is 2.56. The van der Waals surface area contributed by atoms with E-state index in [-0.39, 0.29) is 11.4 Å². The highest BCUT2D eigenvalue weighted by molar-refractivity contribution is 9.09. The maximum absolute atomic E-state index is 13.4. The number of halogens is 4. The summed E-state index contributed by atoms with van der Waals surface area (Å²) in [5.41, 5.74) is 0. The lowest BCUT2D eigenvalue weighted by Crippen LogP contribution is -2.31. The van der Waals surface area contributed by atoms with Crippen LogP contribution in [0.1, 0.15) is 12.8 Å². The molecule has 2 rings (SSSR count). The Bertz CT molecular complexity index is 567. The fourth-order valence-corrected chi connectivity index (χ4v) is 3.75. The first-order chi connectivity index (χ1) is 8.81. The lowest BCUT2D eigenvalue weighted by atomic mass is 10.3. The van der Waals surface area contributed by atoms with Crippen LogP contribution in [0.25, 0.3) is 0 Å². The minimum Gasteiger partial charge on any atom is -0.210 e. The number of sulfonamides is 1. The first-order valence-corrected chi connectivity index (χ1v) is 7.99. The van der Waals surface area contributed by atoms with Crippen molar-refractivity contribution < 1.29 is 21.6 Å². The molecule has 3 nitrogen and oxygen atoms in total. The van der Waals surface area contributed by atoms with E-state index in [1.807, 2.05) is 0 Å². The van der Waals surface area contributed by atoms with Crippen molar-refractivity contribution in [3.05, 3.63) is 29.6 Å². The number of nitrogens with one attached hydrogen (secondary N) is 1. The molecule has 0 heterocycles. The van der Waals surface area contributed by atoms with E-state index in [1.54, 1.807) is 0 Å². The lowest BCUT2D eigenvalue weighted by molar-refractivity contribution is 0.493. The van der Waals surface area contributed by atoms with Crippen molar-refractivity contribution in [2.24, 2.45) is 5.92 Å². The quantitative estimate of drug-likeness (QED) is 0.823. The van der Waals surface area contributed by atoms with Crippen molar-refractivity contribution in [1.29, 1.82) is 0 Å². The summed E-state index contributed by atoms with van der Waals surface area (Å²) < 4.78 is 65.2. The van der Waals surface area contributed by atoms with Gasteiger partial charge in [0.25, 0.3) is 0 Å². The van der Waals surface area contributed by atoms with Crippen LogP contribution in [0.3, 0.4) is 0 Å². The van der Waals surface area contributed by atoms with Crippen LogP contribution in [0, 0.1) is 23.4 Å². The van der Waals surface area contributed by atoms with Gasteiger partial charge in [-0.2, -0.15) is 0 Å². The highest BCUT2D eigenvalue weighted by Gasteiger charge is 2.31. The van der Waals surface area contributed by atoms with Gasteiger partial charge in [0.05, 0.1) is 0 Å². The molecule has 19 heavy (non-hydrogen) atoms. The fraction of sp³-hybridized carbons (Fsp3) is 0.455. The Morgan fingerprint density at radius 2 is 1.79 bits per heavy atom. The molecule has 0 aromatic heterocycles. The highest BCUT2D eigenvalue weighted by Crippen LogP contribution is 2.36. The second-order valence-electron chi connectivity index (χ2n) is 4.40. The molecule has 0 saturated heterocycles. The first kappa shape index (κ1) is 14.8. The summed E-state index contributed by atoms with van der Waals surface area (Å²) in [6.45, 7) is 0.0310. The first-order valence-electron chi connectivity index (χ1n) is 5.59. The van der Waals surface area contributed by atoms with Crippen molar-refractivity contribution in [3.8, 4) is 0 Å². The molecular weight excluding hydrogens is 347 g/mol. The van der Waals surface area contributed by atoms with Crippen LogP contribution in [0.15, 0.2) is 17.0 Å². The Balaban J connectivity index is 2.19. The van der Waals surface area contributed by atoms with E-state index in [1.165, 1.54) is 0 Å². The minimum atomic E-state index is -4.34. The number of benzene rings is 1. The van der Waals surface area contributed by atoms with Gasteiger partial charge in [0.15, 0.2) is 4.90 Å². The molecule has 1 N–H and O–H groups in total. The molecule has 0 aliphatic heterocycles.